The van der Waals surface area contributed by atoms with Gasteiger partial charge >= 0.3 is 6.09 Å². The molecule has 5 heteroatoms. The number of nitrogens with zero attached hydrogens (tertiary/aromatic N) is 1. The number of carbonyl (C=O) groups excluding carboxylic acids is 1. The van der Waals surface area contributed by atoms with Gasteiger partial charge in [0, 0.05) is 6.61 Å². The highest BCUT2D eigenvalue weighted by Gasteiger charge is 2.48. The second-order valence-corrected chi connectivity index (χ2v) is 5.39. The van der Waals surface area contributed by atoms with Gasteiger partial charge in [0.25, 0.3) is 0 Å². The summed E-state index contributed by atoms with van der Waals surface area (Å²) in [6.45, 7) is 6.41. The normalized spacial score (nSPS) is 34.0. The van der Waals surface area contributed by atoms with E-state index in [0.29, 0.717) is 13.2 Å². The van der Waals surface area contributed by atoms with Crippen LogP contribution < -0.4 is 0 Å². The van der Waals surface area contributed by atoms with Crippen molar-refractivity contribution in [3.05, 3.63) is 0 Å². The fourth-order valence-electron chi connectivity index (χ4n) is 2.27. The molecule has 2 rings (SSSR count). The Labute approximate surface area is 95.3 Å². The molecule has 3 atom stereocenters. The van der Waals surface area contributed by atoms with Crippen LogP contribution in [0.15, 0.2) is 0 Å². The van der Waals surface area contributed by atoms with Crippen molar-refractivity contribution < 1.29 is 19.4 Å². The van der Waals surface area contributed by atoms with Gasteiger partial charge in [-0.05, 0) is 27.2 Å². The summed E-state index contributed by atoms with van der Waals surface area (Å²) in [5.74, 6) is 0. The van der Waals surface area contributed by atoms with Crippen LogP contribution in [0.5, 0.6) is 0 Å². The average molecular weight is 229 g/mol. The number of hydrogen-bond acceptors (Lipinski definition) is 4. The first kappa shape index (κ1) is 11.7. The van der Waals surface area contributed by atoms with Crippen LogP contribution in [0.3, 0.4) is 0 Å². The average Bonchev–Trinajstić information content (AvgIpc) is 2.66. The summed E-state index contributed by atoms with van der Waals surface area (Å²) in [4.78, 5) is 13.5. The predicted octanol–water partition coefficient (Wildman–Crippen LogP) is 0.756. The molecule has 0 radical (unpaired) electrons. The summed E-state index contributed by atoms with van der Waals surface area (Å²) in [6.07, 6.45) is -0.391. The largest absolute Gasteiger partial charge is 0.444 e. The highest BCUT2D eigenvalue weighted by Crippen LogP contribution is 2.30. The quantitative estimate of drug-likeness (QED) is 0.666. The van der Waals surface area contributed by atoms with Crippen molar-refractivity contribution in [3.63, 3.8) is 0 Å². The minimum absolute atomic E-state index is 0.0233. The molecule has 1 amide bonds. The van der Waals surface area contributed by atoms with Gasteiger partial charge in [-0.1, -0.05) is 0 Å². The number of rotatable bonds is 0. The van der Waals surface area contributed by atoms with Crippen molar-refractivity contribution in [1.29, 1.82) is 0 Å². The molecule has 0 saturated carbocycles. The number of amides is 1. The molecular weight excluding hydrogens is 210 g/mol. The van der Waals surface area contributed by atoms with E-state index >= 15 is 0 Å². The molecule has 92 valence electrons. The Morgan fingerprint density at radius 3 is 2.81 bits per heavy atom. The van der Waals surface area contributed by atoms with Crippen molar-refractivity contribution in [2.24, 2.45) is 0 Å². The van der Waals surface area contributed by atoms with E-state index in [0.717, 1.165) is 6.42 Å². The second-order valence-electron chi connectivity index (χ2n) is 5.39. The lowest BCUT2D eigenvalue weighted by atomic mass is 10.1. The number of fused-ring (bicyclic) bond motifs is 1. The number of β-amino-alcohol motifs (C(OH)–C–C–N with tert-alkyl or cyclic N) is 1. The Morgan fingerprint density at radius 2 is 2.19 bits per heavy atom. The minimum Gasteiger partial charge on any atom is -0.444 e. The van der Waals surface area contributed by atoms with E-state index in [9.17, 15) is 9.90 Å². The van der Waals surface area contributed by atoms with Gasteiger partial charge in [-0.15, -0.1) is 0 Å². The molecule has 0 aromatic carbocycles. The number of aliphatic hydroxyl groups excluding tert-OH is 1. The van der Waals surface area contributed by atoms with Crippen molar-refractivity contribution in [1.82, 2.24) is 4.90 Å². The van der Waals surface area contributed by atoms with Crippen LogP contribution in [0.4, 0.5) is 4.79 Å². The summed E-state index contributed by atoms with van der Waals surface area (Å²) >= 11 is 0. The fourth-order valence-corrected chi connectivity index (χ4v) is 2.27. The summed E-state index contributed by atoms with van der Waals surface area (Å²) in [7, 11) is 0. The van der Waals surface area contributed by atoms with Crippen LogP contribution in [0.1, 0.15) is 27.2 Å². The molecule has 0 aromatic heterocycles. The highest BCUT2D eigenvalue weighted by molar-refractivity contribution is 5.69. The molecule has 0 aromatic rings. The molecule has 2 aliphatic rings. The topological polar surface area (TPSA) is 59.0 Å². The number of carbonyl (C=O) groups is 1. The van der Waals surface area contributed by atoms with E-state index in [4.69, 9.17) is 9.47 Å². The van der Waals surface area contributed by atoms with Crippen LogP contribution >= 0.6 is 0 Å². The van der Waals surface area contributed by atoms with Crippen LogP contribution in [-0.4, -0.2) is 53.1 Å². The van der Waals surface area contributed by atoms with E-state index in [1.165, 1.54) is 0 Å². The Bertz CT molecular complexity index is 286. The molecule has 2 heterocycles. The molecule has 5 nitrogen and oxygen atoms in total. The van der Waals surface area contributed by atoms with Crippen molar-refractivity contribution >= 4 is 6.09 Å². The molecule has 2 aliphatic heterocycles. The first-order valence-electron chi connectivity index (χ1n) is 5.68. The number of ether oxygens (including phenoxy) is 2. The third kappa shape index (κ3) is 2.15. The zero-order valence-corrected chi connectivity index (χ0v) is 9.97. The molecule has 0 aliphatic carbocycles. The van der Waals surface area contributed by atoms with Gasteiger partial charge in [-0.3, -0.25) is 4.90 Å². The van der Waals surface area contributed by atoms with Gasteiger partial charge < -0.3 is 14.6 Å². The van der Waals surface area contributed by atoms with Crippen molar-refractivity contribution in [2.75, 3.05) is 13.2 Å². The first-order chi connectivity index (χ1) is 7.38. The lowest BCUT2D eigenvalue weighted by Gasteiger charge is -2.27. The van der Waals surface area contributed by atoms with Crippen molar-refractivity contribution in [2.45, 2.75) is 51.0 Å². The van der Waals surface area contributed by atoms with E-state index in [2.05, 4.69) is 0 Å². The Hall–Kier alpha value is -0.810. The van der Waals surface area contributed by atoms with Gasteiger partial charge in [-0.25, -0.2) is 4.79 Å². The first-order valence-corrected chi connectivity index (χ1v) is 5.68. The molecule has 1 N–H and O–H groups in total. The zero-order chi connectivity index (χ0) is 11.9. The number of aliphatic hydroxyl groups is 1. The summed E-state index contributed by atoms with van der Waals surface area (Å²) in [5.41, 5.74) is -0.500. The van der Waals surface area contributed by atoms with Crippen LogP contribution in [-0.2, 0) is 9.47 Å². The summed E-state index contributed by atoms with van der Waals surface area (Å²) < 4.78 is 10.7. The van der Waals surface area contributed by atoms with Gasteiger partial charge in [-0.2, -0.15) is 0 Å². The SMILES string of the molecule is CC(C)(C)OC(=O)N1C[C@@H](O)[C@H]2OCC[C@H]21. The molecular formula is C11H19NO4. The van der Waals surface area contributed by atoms with E-state index in [1.54, 1.807) is 4.90 Å². The Balaban J connectivity index is 2.02. The van der Waals surface area contributed by atoms with Gasteiger partial charge in [0.15, 0.2) is 0 Å². The number of likely N-dealkylation sites (tertiary alicyclic amines) is 1. The third-order valence-electron chi connectivity index (χ3n) is 2.89. The zero-order valence-electron chi connectivity index (χ0n) is 9.97. The maximum Gasteiger partial charge on any atom is 0.410 e. The van der Waals surface area contributed by atoms with E-state index in [-0.39, 0.29) is 18.2 Å². The van der Waals surface area contributed by atoms with E-state index in [1.807, 2.05) is 20.8 Å². The molecule has 2 fully saturated rings. The lowest BCUT2D eigenvalue weighted by molar-refractivity contribution is 0.0187. The highest BCUT2D eigenvalue weighted by atomic mass is 16.6. The molecule has 16 heavy (non-hydrogen) atoms. The van der Waals surface area contributed by atoms with Gasteiger partial charge in [0.1, 0.15) is 11.7 Å². The summed E-state index contributed by atoms with van der Waals surface area (Å²) in [5, 5.41) is 9.74. The summed E-state index contributed by atoms with van der Waals surface area (Å²) in [6, 6.07) is -0.0233. The smallest absolute Gasteiger partial charge is 0.410 e. The Morgan fingerprint density at radius 1 is 1.50 bits per heavy atom. The molecule has 0 unspecified atom stereocenters. The molecule has 0 bridgehead atoms. The maximum atomic E-state index is 11.9. The minimum atomic E-state index is -0.583. The predicted molar refractivity (Wildman–Crippen MR) is 57.1 cm³/mol. The lowest BCUT2D eigenvalue weighted by Crippen LogP contribution is -2.41. The van der Waals surface area contributed by atoms with E-state index < -0.39 is 11.7 Å². The number of hydrogen-bond donors (Lipinski definition) is 1. The van der Waals surface area contributed by atoms with Crippen LogP contribution in [0.2, 0.25) is 0 Å². The molecule has 0 spiro atoms. The maximum absolute atomic E-state index is 11.9. The van der Waals surface area contributed by atoms with Gasteiger partial charge in [0.2, 0.25) is 0 Å². The fraction of sp³-hybridized carbons (Fsp3) is 0.909. The van der Waals surface area contributed by atoms with Crippen molar-refractivity contribution in [3.8, 4) is 0 Å². The van der Waals surface area contributed by atoms with Gasteiger partial charge in [0.05, 0.1) is 18.7 Å². The second kappa shape index (κ2) is 3.89. The van der Waals surface area contributed by atoms with Crippen LogP contribution in [0.25, 0.3) is 0 Å². The standard InChI is InChI=1S/C11H19NO4/c1-11(2,3)16-10(14)12-6-8(13)9-7(12)4-5-15-9/h7-9,13H,4-6H2,1-3H3/t7-,8-,9+/m1/s1. The monoisotopic (exact) mass is 229 g/mol. The molecule has 2 saturated heterocycles. The Kier molecular flexibility index (Phi) is 2.84. The van der Waals surface area contributed by atoms with Crippen LogP contribution in [0, 0.1) is 0 Å². The third-order valence-corrected chi connectivity index (χ3v) is 2.89.